The lowest BCUT2D eigenvalue weighted by Gasteiger charge is -2.30. The molecule has 0 unspecified atom stereocenters. The zero-order valence-electron chi connectivity index (χ0n) is 17.8. The van der Waals surface area contributed by atoms with E-state index in [-0.39, 0.29) is 10.8 Å². The summed E-state index contributed by atoms with van der Waals surface area (Å²) in [6.07, 6.45) is 4.06. The van der Waals surface area contributed by atoms with E-state index in [2.05, 4.69) is 26.8 Å². The number of hydrogen-bond donors (Lipinski definition) is 2. The van der Waals surface area contributed by atoms with Gasteiger partial charge in [-0.3, -0.25) is 14.4 Å². The standard InChI is InChI=1S/C23H26N4O3S2/c1-17-3-2-13-27(15-17)16-18-4-6-19(7-5-18)22(28)25-20-8-10-21(11-9-20)32(29,30)26-23-24-12-14-31-23/h4-12,14,17H,2-3,13,15-16H2,1H3,(H,24,26)(H,25,28)/t17-/m1/s1. The van der Waals surface area contributed by atoms with Crippen molar-refractivity contribution in [2.75, 3.05) is 23.1 Å². The van der Waals surface area contributed by atoms with Gasteiger partial charge in [-0.15, -0.1) is 11.3 Å². The lowest BCUT2D eigenvalue weighted by Crippen LogP contribution is -2.33. The van der Waals surface area contributed by atoms with Gasteiger partial charge in [0.25, 0.3) is 15.9 Å². The van der Waals surface area contributed by atoms with Gasteiger partial charge in [0.05, 0.1) is 4.90 Å². The van der Waals surface area contributed by atoms with Crippen molar-refractivity contribution in [2.24, 2.45) is 5.92 Å². The zero-order chi connectivity index (χ0) is 22.6. The summed E-state index contributed by atoms with van der Waals surface area (Å²) in [5.41, 5.74) is 2.27. The largest absolute Gasteiger partial charge is 0.322 e. The number of likely N-dealkylation sites (tertiary alicyclic amines) is 1. The molecule has 1 fully saturated rings. The zero-order valence-corrected chi connectivity index (χ0v) is 19.5. The predicted octanol–water partition coefficient (Wildman–Crippen LogP) is 4.43. The molecule has 1 saturated heterocycles. The number of amides is 1. The van der Waals surface area contributed by atoms with Crippen molar-refractivity contribution >= 4 is 38.1 Å². The van der Waals surface area contributed by atoms with Crippen LogP contribution < -0.4 is 10.0 Å². The highest BCUT2D eigenvalue weighted by atomic mass is 32.2. The first-order chi connectivity index (χ1) is 15.4. The number of thiazole rings is 1. The molecule has 1 amide bonds. The molecule has 1 aliphatic rings. The number of anilines is 2. The fourth-order valence-corrected chi connectivity index (χ4v) is 5.61. The summed E-state index contributed by atoms with van der Waals surface area (Å²) in [5, 5.41) is 4.81. The maximum atomic E-state index is 12.6. The summed E-state index contributed by atoms with van der Waals surface area (Å²) in [5.74, 6) is 0.498. The molecule has 0 radical (unpaired) electrons. The summed E-state index contributed by atoms with van der Waals surface area (Å²) in [4.78, 5) is 19.1. The molecule has 1 aliphatic heterocycles. The quantitative estimate of drug-likeness (QED) is 0.533. The second-order valence-electron chi connectivity index (χ2n) is 8.10. The van der Waals surface area contributed by atoms with Crippen molar-refractivity contribution in [3.63, 3.8) is 0 Å². The van der Waals surface area contributed by atoms with E-state index in [0.717, 1.165) is 25.6 Å². The smallest absolute Gasteiger partial charge is 0.263 e. The summed E-state index contributed by atoms with van der Waals surface area (Å²) in [6, 6.07) is 13.7. The molecule has 3 aromatic rings. The SMILES string of the molecule is C[C@@H]1CCCN(Cc2ccc(C(=O)Nc3ccc(S(=O)(=O)Nc4nccs4)cc3)cc2)C1. The van der Waals surface area contributed by atoms with Gasteiger partial charge in [0.1, 0.15) is 0 Å². The van der Waals surface area contributed by atoms with Crippen LogP contribution in [0.2, 0.25) is 0 Å². The minimum atomic E-state index is -3.72. The average molecular weight is 471 g/mol. The molecule has 0 aliphatic carbocycles. The van der Waals surface area contributed by atoms with Gasteiger partial charge >= 0.3 is 0 Å². The molecule has 7 nitrogen and oxygen atoms in total. The second kappa shape index (κ2) is 9.81. The van der Waals surface area contributed by atoms with Crippen LogP contribution in [0.5, 0.6) is 0 Å². The van der Waals surface area contributed by atoms with Crippen LogP contribution in [-0.4, -0.2) is 37.3 Å². The third kappa shape index (κ3) is 5.73. The fraction of sp³-hybridized carbons (Fsp3) is 0.304. The molecule has 0 saturated carbocycles. The molecule has 168 valence electrons. The second-order valence-corrected chi connectivity index (χ2v) is 10.7. The van der Waals surface area contributed by atoms with Gasteiger partial charge in [-0.1, -0.05) is 19.1 Å². The van der Waals surface area contributed by atoms with Crippen molar-refractivity contribution in [2.45, 2.75) is 31.2 Å². The van der Waals surface area contributed by atoms with Crippen LogP contribution in [0.15, 0.2) is 65.0 Å². The molecule has 1 atom stereocenters. The van der Waals surface area contributed by atoms with Gasteiger partial charge in [0, 0.05) is 35.9 Å². The van der Waals surface area contributed by atoms with E-state index in [1.165, 1.54) is 48.1 Å². The minimum Gasteiger partial charge on any atom is -0.322 e. The molecule has 2 heterocycles. The van der Waals surface area contributed by atoms with E-state index < -0.39 is 10.0 Å². The number of sulfonamides is 1. The lowest BCUT2D eigenvalue weighted by atomic mass is 9.99. The minimum absolute atomic E-state index is 0.0992. The molecule has 32 heavy (non-hydrogen) atoms. The number of hydrogen-bond acceptors (Lipinski definition) is 6. The van der Waals surface area contributed by atoms with Crippen molar-refractivity contribution in [1.29, 1.82) is 0 Å². The van der Waals surface area contributed by atoms with E-state index in [9.17, 15) is 13.2 Å². The number of piperidine rings is 1. The van der Waals surface area contributed by atoms with Crippen LogP contribution in [0.3, 0.4) is 0 Å². The van der Waals surface area contributed by atoms with E-state index in [1.54, 1.807) is 17.5 Å². The van der Waals surface area contributed by atoms with Gasteiger partial charge < -0.3 is 5.32 Å². The molecule has 1 aromatic heterocycles. The maximum absolute atomic E-state index is 12.6. The number of carbonyl (C=O) groups is 1. The molecule has 4 rings (SSSR count). The summed E-state index contributed by atoms with van der Waals surface area (Å²) in [6.45, 7) is 5.43. The van der Waals surface area contributed by atoms with E-state index >= 15 is 0 Å². The van der Waals surface area contributed by atoms with Crippen molar-refractivity contribution in [3.05, 3.63) is 71.2 Å². The highest BCUT2D eigenvalue weighted by molar-refractivity contribution is 7.93. The number of rotatable bonds is 7. The maximum Gasteiger partial charge on any atom is 0.263 e. The van der Waals surface area contributed by atoms with Gasteiger partial charge in [-0.25, -0.2) is 13.4 Å². The Morgan fingerprint density at radius 1 is 1.16 bits per heavy atom. The first-order valence-corrected chi connectivity index (χ1v) is 12.9. The Bertz CT molecular complexity index is 1140. The molecule has 0 spiro atoms. The molecule has 9 heteroatoms. The van der Waals surface area contributed by atoms with Crippen LogP contribution in [-0.2, 0) is 16.6 Å². The Morgan fingerprint density at radius 3 is 2.56 bits per heavy atom. The third-order valence-electron chi connectivity index (χ3n) is 5.44. The molecule has 2 aromatic carbocycles. The summed E-state index contributed by atoms with van der Waals surface area (Å²) >= 11 is 1.20. The third-order valence-corrected chi connectivity index (χ3v) is 7.61. The first kappa shape index (κ1) is 22.4. The Labute approximate surface area is 192 Å². The molecule has 2 N–H and O–H groups in total. The Hall–Kier alpha value is -2.75. The van der Waals surface area contributed by atoms with Crippen molar-refractivity contribution < 1.29 is 13.2 Å². The molecule has 0 bridgehead atoms. The fourth-order valence-electron chi connectivity index (χ4n) is 3.82. The summed E-state index contributed by atoms with van der Waals surface area (Å²) in [7, 11) is -3.72. The average Bonchev–Trinajstić information content (AvgIpc) is 3.27. The predicted molar refractivity (Wildman–Crippen MR) is 127 cm³/mol. The van der Waals surface area contributed by atoms with Crippen LogP contribution in [0.25, 0.3) is 0 Å². The highest BCUT2D eigenvalue weighted by Crippen LogP contribution is 2.21. The lowest BCUT2D eigenvalue weighted by molar-refractivity contribution is 0.102. The Balaban J connectivity index is 1.35. The van der Waals surface area contributed by atoms with Gasteiger partial charge in [0.15, 0.2) is 5.13 Å². The van der Waals surface area contributed by atoms with Crippen LogP contribution in [0.4, 0.5) is 10.8 Å². The van der Waals surface area contributed by atoms with E-state index in [1.807, 2.05) is 24.3 Å². The highest BCUT2D eigenvalue weighted by Gasteiger charge is 2.17. The van der Waals surface area contributed by atoms with Gasteiger partial charge in [-0.05, 0) is 67.3 Å². The number of carbonyl (C=O) groups excluding carboxylic acids is 1. The number of aromatic nitrogens is 1. The molecular weight excluding hydrogens is 444 g/mol. The van der Waals surface area contributed by atoms with Crippen LogP contribution in [0, 0.1) is 5.92 Å². The number of nitrogens with zero attached hydrogens (tertiary/aromatic N) is 2. The Kier molecular flexibility index (Phi) is 6.88. The van der Waals surface area contributed by atoms with Crippen molar-refractivity contribution in [1.82, 2.24) is 9.88 Å². The van der Waals surface area contributed by atoms with Crippen LogP contribution >= 0.6 is 11.3 Å². The van der Waals surface area contributed by atoms with Gasteiger partial charge in [-0.2, -0.15) is 0 Å². The Morgan fingerprint density at radius 2 is 1.91 bits per heavy atom. The first-order valence-electron chi connectivity index (χ1n) is 10.5. The van der Waals surface area contributed by atoms with E-state index in [0.29, 0.717) is 16.4 Å². The monoisotopic (exact) mass is 470 g/mol. The normalized spacial score (nSPS) is 17.1. The van der Waals surface area contributed by atoms with Gasteiger partial charge in [0.2, 0.25) is 0 Å². The summed E-state index contributed by atoms with van der Waals surface area (Å²) < 4.78 is 27.3. The molecular formula is C23H26N4O3S2. The number of benzene rings is 2. The van der Waals surface area contributed by atoms with Crippen molar-refractivity contribution in [3.8, 4) is 0 Å². The topological polar surface area (TPSA) is 91.4 Å². The number of nitrogens with one attached hydrogen (secondary N) is 2. The van der Waals surface area contributed by atoms with E-state index in [4.69, 9.17) is 0 Å². The van der Waals surface area contributed by atoms with Crippen LogP contribution in [0.1, 0.15) is 35.7 Å².